The van der Waals surface area contributed by atoms with Crippen molar-refractivity contribution < 1.29 is 33.1 Å². The van der Waals surface area contributed by atoms with E-state index in [1.807, 2.05) is 30.3 Å². The maximum absolute atomic E-state index is 13.4. The fraction of sp³-hybridized carbons (Fsp3) is 0.241. The lowest BCUT2D eigenvalue weighted by molar-refractivity contribution is -0.135. The summed E-state index contributed by atoms with van der Waals surface area (Å²) in [5, 5.41) is 14.5. The third kappa shape index (κ3) is 7.41. The Labute approximate surface area is 233 Å². The van der Waals surface area contributed by atoms with Crippen LogP contribution in [0.2, 0.25) is 5.02 Å². The highest BCUT2D eigenvalue weighted by Crippen LogP contribution is 2.37. The van der Waals surface area contributed by atoms with Gasteiger partial charge in [0.15, 0.2) is 0 Å². The summed E-state index contributed by atoms with van der Waals surface area (Å²) in [5.41, 5.74) is 1.79. The van der Waals surface area contributed by atoms with Gasteiger partial charge >= 0.3 is 5.97 Å². The van der Waals surface area contributed by atoms with E-state index in [2.05, 4.69) is 10.6 Å². The van der Waals surface area contributed by atoms with Crippen LogP contribution in [-0.2, 0) is 20.8 Å². The number of hydrogen-bond acceptors (Lipinski definition) is 5. The number of ketones is 1. The van der Waals surface area contributed by atoms with E-state index in [0.717, 1.165) is 5.56 Å². The molecule has 4 rings (SSSR count). The molecule has 0 aromatic heterocycles. The Balaban J connectivity index is 1.42. The average molecular weight is 570 g/mol. The third-order valence-corrected chi connectivity index (χ3v) is 6.70. The van der Waals surface area contributed by atoms with Gasteiger partial charge in [0.1, 0.15) is 0 Å². The molecule has 3 aromatic carbocycles. The lowest BCUT2D eigenvalue weighted by Crippen LogP contribution is -2.56. The first kappa shape index (κ1) is 28.7. The summed E-state index contributed by atoms with van der Waals surface area (Å²) in [6.45, 7) is -1.03. The van der Waals surface area contributed by atoms with Crippen molar-refractivity contribution in [2.75, 3.05) is 28.6 Å². The minimum absolute atomic E-state index is 0.0565. The van der Waals surface area contributed by atoms with Crippen LogP contribution in [0.1, 0.15) is 28.8 Å². The molecule has 1 heterocycles. The number of amides is 2. The highest BCUT2D eigenvalue weighted by molar-refractivity contribution is 6.41. The van der Waals surface area contributed by atoms with Gasteiger partial charge in [0.2, 0.25) is 11.7 Å². The Morgan fingerprint density at radius 3 is 2.25 bits per heavy atom. The quantitative estimate of drug-likeness (QED) is 0.271. The lowest BCUT2D eigenvalue weighted by atomic mass is 9.92. The number of carboxylic acid groups (broad SMARTS) is 1. The van der Waals surface area contributed by atoms with Crippen molar-refractivity contribution in [1.82, 2.24) is 0 Å². The molecule has 1 atom stereocenters. The Morgan fingerprint density at radius 1 is 0.950 bits per heavy atom. The number of nitrogens with one attached hydrogen (secondary N) is 2. The number of aromatic carboxylic acids is 1. The van der Waals surface area contributed by atoms with Crippen LogP contribution in [0.4, 0.5) is 25.8 Å². The van der Waals surface area contributed by atoms with E-state index in [4.69, 9.17) is 16.7 Å². The van der Waals surface area contributed by atoms with E-state index >= 15 is 0 Å². The third-order valence-electron chi connectivity index (χ3n) is 6.46. The van der Waals surface area contributed by atoms with Crippen molar-refractivity contribution in [3.63, 3.8) is 0 Å². The number of alkyl halides is 2. The summed E-state index contributed by atoms with van der Waals surface area (Å²) in [6, 6.07) is 19.2. The molecule has 1 aliphatic heterocycles. The van der Waals surface area contributed by atoms with Crippen LogP contribution in [-0.4, -0.2) is 47.7 Å². The van der Waals surface area contributed by atoms with Gasteiger partial charge in [0.05, 0.1) is 30.0 Å². The first-order valence-electron chi connectivity index (χ1n) is 12.5. The normalized spacial score (nSPS) is 14.5. The zero-order valence-corrected chi connectivity index (χ0v) is 22.0. The van der Waals surface area contributed by atoms with Crippen LogP contribution in [0.25, 0.3) is 0 Å². The molecule has 8 nitrogen and oxygen atoms in total. The second-order valence-electron chi connectivity index (χ2n) is 9.55. The lowest BCUT2D eigenvalue weighted by Gasteiger charge is -2.41. The number of carboxylic acids is 1. The first-order valence-corrected chi connectivity index (χ1v) is 12.8. The molecule has 0 saturated carbocycles. The summed E-state index contributed by atoms with van der Waals surface area (Å²) in [7, 11) is 0. The van der Waals surface area contributed by atoms with E-state index in [1.54, 1.807) is 0 Å². The van der Waals surface area contributed by atoms with Gasteiger partial charge in [0, 0.05) is 23.0 Å². The second-order valence-corrected chi connectivity index (χ2v) is 9.98. The summed E-state index contributed by atoms with van der Waals surface area (Å²) in [4.78, 5) is 51.1. The zero-order valence-electron chi connectivity index (χ0n) is 21.2. The van der Waals surface area contributed by atoms with Gasteiger partial charge in [-0.25, -0.2) is 13.6 Å². The topological polar surface area (TPSA) is 116 Å². The van der Waals surface area contributed by atoms with Crippen LogP contribution in [0, 0.1) is 5.92 Å². The SMILES string of the molecule is O=C(CC[C@@H](Cc1ccccc1)C(=O)Nc1ccc(C(=O)O)cc1)C(=O)Nc1cc(Cl)ccc1N1CC(F)(F)C1. The van der Waals surface area contributed by atoms with Crippen LogP contribution < -0.4 is 15.5 Å². The number of anilines is 3. The van der Waals surface area contributed by atoms with Crippen LogP contribution in [0.5, 0.6) is 0 Å². The molecular formula is C29H26ClF2N3O5. The number of rotatable bonds is 11. The Morgan fingerprint density at radius 2 is 1.62 bits per heavy atom. The maximum Gasteiger partial charge on any atom is 0.335 e. The second kappa shape index (κ2) is 12.3. The number of hydrogen-bond donors (Lipinski definition) is 3. The molecule has 1 aliphatic rings. The highest BCUT2D eigenvalue weighted by Gasteiger charge is 2.44. The number of nitrogens with zero attached hydrogens (tertiary/aromatic N) is 1. The van der Waals surface area contributed by atoms with Crippen molar-refractivity contribution >= 4 is 52.2 Å². The van der Waals surface area contributed by atoms with Gasteiger partial charge in [0.25, 0.3) is 11.8 Å². The smallest absolute Gasteiger partial charge is 0.335 e. The van der Waals surface area contributed by atoms with Crippen molar-refractivity contribution in [2.45, 2.75) is 25.2 Å². The molecule has 0 bridgehead atoms. The number of Topliss-reactive ketones (excluding diaryl/α,β-unsaturated/α-hetero) is 1. The van der Waals surface area contributed by atoms with Gasteiger partial charge in [-0.15, -0.1) is 0 Å². The molecule has 40 heavy (non-hydrogen) atoms. The van der Waals surface area contributed by atoms with Crippen molar-refractivity contribution in [3.8, 4) is 0 Å². The fourth-order valence-electron chi connectivity index (χ4n) is 4.34. The molecule has 0 aliphatic carbocycles. The predicted molar refractivity (Wildman–Crippen MR) is 147 cm³/mol. The molecule has 0 unspecified atom stereocenters. The largest absolute Gasteiger partial charge is 0.478 e. The standard InChI is InChI=1S/C29H26ClF2N3O5/c30-21-9-12-24(35-16-29(31,32)17-35)23(15-21)34-27(38)25(36)13-8-20(14-18-4-2-1-3-5-18)26(37)33-22-10-6-19(7-11-22)28(39)40/h1-7,9-12,15,20H,8,13-14,16-17H2,(H,33,37)(H,34,38)(H,39,40)/t20-/m0/s1. The molecule has 0 spiro atoms. The summed E-state index contributed by atoms with van der Waals surface area (Å²) in [6.07, 6.45) is 0.115. The summed E-state index contributed by atoms with van der Waals surface area (Å²) >= 11 is 6.03. The Kier molecular flexibility index (Phi) is 8.79. The average Bonchev–Trinajstić information content (AvgIpc) is 2.90. The van der Waals surface area contributed by atoms with Crippen LogP contribution >= 0.6 is 11.6 Å². The molecule has 1 saturated heterocycles. The van der Waals surface area contributed by atoms with Crippen molar-refractivity contribution in [3.05, 3.63) is 88.9 Å². The van der Waals surface area contributed by atoms with Crippen molar-refractivity contribution in [2.24, 2.45) is 5.92 Å². The molecule has 1 fully saturated rings. The Hall–Kier alpha value is -4.31. The molecule has 3 N–H and O–H groups in total. The van der Waals surface area contributed by atoms with Gasteiger partial charge in [-0.1, -0.05) is 41.9 Å². The van der Waals surface area contributed by atoms with Gasteiger partial charge < -0.3 is 20.6 Å². The molecular weight excluding hydrogens is 544 g/mol. The zero-order chi connectivity index (χ0) is 28.9. The van der Waals surface area contributed by atoms with Gasteiger partial charge in [-0.3, -0.25) is 14.4 Å². The van der Waals surface area contributed by atoms with Gasteiger partial charge in [-0.2, -0.15) is 0 Å². The van der Waals surface area contributed by atoms with E-state index in [-0.39, 0.29) is 29.1 Å². The molecule has 2 amide bonds. The first-order chi connectivity index (χ1) is 19.0. The van der Waals surface area contributed by atoms with E-state index in [1.165, 1.54) is 47.4 Å². The fourth-order valence-corrected chi connectivity index (χ4v) is 4.51. The van der Waals surface area contributed by atoms with Gasteiger partial charge in [-0.05, 0) is 60.9 Å². The minimum atomic E-state index is -2.83. The molecule has 0 radical (unpaired) electrons. The number of benzene rings is 3. The van der Waals surface area contributed by atoms with E-state index in [9.17, 15) is 28.0 Å². The number of halogens is 3. The van der Waals surface area contributed by atoms with Crippen molar-refractivity contribution in [1.29, 1.82) is 0 Å². The van der Waals surface area contributed by atoms with Crippen LogP contribution in [0.15, 0.2) is 72.8 Å². The van der Waals surface area contributed by atoms with E-state index < -0.39 is 48.5 Å². The summed E-state index contributed by atoms with van der Waals surface area (Å²) in [5.74, 6) is -6.72. The van der Waals surface area contributed by atoms with E-state index in [0.29, 0.717) is 17.8 Å². The summed E-state index contributed by atoms with van der Waals surface area (Å²) < 4.78 is 26.8. The number of carbonyl (C=O) groups excluding carboxylic acids is 3. The number of carbonyl (C=O) groups is 4. The minimum Gasteiger partial charge on any atom is -0.478 e. The predicted octanol–water partition coefficient (Wildman–Crippen LogP) is 5.28. The maximum atomic E-state index is 13.4. The molecule has 3 aromatic rings. The molecule has 11 heteroatoms. The highest BCUT2D eigenvalue weighted by atomic mass is 35.5. The Bertz CT molecular complexity index is 1410. The molecule has 208 valence electrons. The monoisotopic (exact) mass is 569 g/mol. The van der Waals surface area contributed by atoms with Crippen LogP contribution in [0.3, 0.4) is 0 Å².